The predicted octanol–water partition coefficient (Wildman–Crippen LogP) is 18.2. The Kier molecular flexibility index (Phi) is 9.68. The Morgan fingerprint density at radius 1 is 0.338 bits per heavy atom. The van der Waals surface area contributed by atoms with Crippen LogP contribution in [0, 0.1) is 0 Å². The monoisotopic (exact) mass is 866 g/mol. The summed E-state index contributed by atoms with van der Waals surface area (Å²) in [5.74, 6) is 0. The van der Waals surface area contributed by atoms with Crippen molar-refractivity contribution < 1.29 is 0 Å². The molecule has 1 heterocycles. The highest BCUT2D eigenvalue weighted by atomic mass is 15.1. The Hall–Kier alpha value is -8.72. The molecule has 0 saturated heterocycles. The molecule has 0 aliphatic heterocycles. The lowest BCUT2D eigenvalue weighted by molar-refractivity contribution is 0.991. The van der Waals surface area contributed by atoms with Crippen LogP contribution in [0.3, 0.4) is 0 Å². The number of rotatable bonds is 8. The van der Waals surface area contributed by atoms with E-state index in [0.717, 1.165) is 35.6 Å². The van der Waals surface area contributed by atoms with E-state index in [1.54, 1.807) is 0 Å². The first-order valence-electron chi connectivity index (χ1n) is 23.7. The Morgan fingerprint density at radius 3 is 1.49 bits per heavy atom. The van der Waals surface area contributed by atoms with Gasteiger partial charge in [0.2, 0.25) is 0 Å². The fraction of sp³-hybridized carbons (Fsp3) is 0.0303. The average molecular weight is 867 g/mol. The summed E-state index contributed by atoms with van der Waals surface area (Å²) < 4.78 is 2.46. The number of fused-ring (bicyclic) bond motifs is 6. The van der Waals surface area contributed by atoms with Crippen molar-refractivity contribution in [2.24, 2.45) is 0 Å². The van der Waals surface area contributed by atoms with Gasteiger partial charge in [0.05, 0.1) is 11.0 Å². The summed E-state index contributed by atoms with van der Waals surface area (Å²) in [6.45, 7) is 0. The van der Waals surface area contributed by atoms with Gasteiger partial charge in [-0.2, -0.15) is 0 Å². The molecule has 1 aliphatic carbocycles. The van der Waals surface area contributed by atoms with Gasteiger partial charge in [-0.3, -0.25) is 0 Å². The third-order valence-corrected chi connectivity index (χ3v) is 14.0. The Labute approximate surface area is 397 Å². The summed E-state index contributed by atoms with van der Waals surface area (Å²) >= 11 is 0. The van der Waals surface area contributed by atoms with Gasteiger partial charge in [0, 0.05) is 33.5 Å². The molecule has 12 aromatic rings. The molecule has 0 bridgehead atoms. The standard InChI is InChI=1S/C66H46N2/c1-4-17-47(18-5-1)65-57-24-12-14-26-59(57)66(60-27-15-13-25-58(60)65)48-32-38-56(39-33-48)68-63-40-34-51(46-30-36-55(37-31-46)67(53-20-6-2-7-21-53)54-22-8-3-9-23-54)43-61(63)62-44-52(35-41-64(62)68)50-29-28-45-16-10-11-19-49(45)42-50/h1-14,16-26,28-44H,15,27H2. The van der Waals surface area contributed by atoms with Crippen molar-refractivity contribution in [3.05, 3.63) is 260 Å². The summed E-state index contributed by atoms with van der Waals surface area (Å²) in [7, 11) is 0. The van der Waals surface area contributed by atoms with Crippen LogP contribution in [0.5, 0.6) is 0 Å². The van der Waals surface area contributed by atoms with E-state index in [1.165, 1.54) is 99.0 Å². The summed E-state index contributed by atoms with van der Waals surface area (Å²) in [5.41, 5.74) is 19.6. The number of nitrogens with zero attached hydrogens (tertiary/aromatic N) is 2. The second-order valence-corrected chi connectivity index (χ2v) is 18.0. The van der Waals surface area contributed by atoms with E-state index >= 15 is 0 Å². The summed E-state index contributed by atoms with van der Waals surface area (Å²) in [4.78, 5) is 2.31. The van der Waals surface area contributed by atoms with Gasteiger partial charge in [-0.1, -0.05) is 176 Å². The normalized spacial score (nSPS) is 12.2. The molecule has 2 heteroatoms. The van der Waals surface area contributed by atoms with Crippen LogP contribution >= 0.6 is 0 Å². The fourth-order valence-corrected chi connectivity index (χ4v) is 10.8. The van der Waals surface area contributed by atoms with Crippen LogP contribution < -0.4 is 4.90 Å². The lowest BCUT2D eigenvalue weighted by Gasteiger charge is -2.25. The smallest absolute Gasteiger partial charge is 0.0541 e. The zero-order valence-electron chi connectivity index (χ0n) is 37.6. The second-order valence-electron chi connectivity index (χ2n) is 18.0. The molecule has 0 N–H and O–H groups in total. The molecule has 1 aromatic heterocycles. The Bertz CT molecular complexity index is 3820. The van der Waals surface area contributed by atoms with Crippen molar-refractivity contribution in [3.8, 4) is 50.2 Å². The number of hydrogen-bond acceptors (Lipinski definition) is 1. The second kappa shape index (κ2) is 16.6. The maximum Gasteiger partial charge on any atom is 0.0541 e. The molecule has 11 aromatic carbocycles. The van der Waals surface area contributed by atoms with E-state index in [1.807, 2.05) is 0 Å². The van der Waals surface area contributed by atoms with Crippen molar-refractivity contribution in [1.82, 2.24) is 4.57 Å². The highest BCUT2D eigenvalue weighted by Crippen LogP contribution is 2.46. The minimum atomic E-state index is 1.02. The van der Waals surface area contributed by atoms with Gasteiger partial charge >= 0.3 is 0 Å². The van der Waals surface area contributed by atoms with Crippen LogP contribution in [0.15, 0.2) is 249 Å². The van der Waals surface area contributed by atoms with Gasteiger partial charge in [-0.25, -0.2) is 0 Å². The topological polar surface area (TPSA) is 8.17 Å². The van der Waals surface area contributed by atoms with Crippen molar-refractivity contribution in [3.63, 3.8) is 0 Å². The fourth-order valence-electron chi connectivity index (χ4n) is 10.8. The van der Waals surface area contributed by atoms with Crippen molar-refractivity contribution in [2.75, 3.05) is 4.90 Å². The molecular weight excluding hydrogens is 821 g/mol. The van der Waals surface area contributed by atoms with E-state index in [9.17, 15) is 0 Å². The quantitative estimate of drug-likeness (QED) is 0.148. The third kappa shape index (κ3) is 6.81. The van der Waals surface area contributed by atoms with Crippen LogP contribution in [0.25, 0.3) is 99.6 Å². The van der Waals surface area contributed by atoms with Gasteiger partial charge in [0.1, 0.15) is 0 Å². The number of anilines is 3. The van der Waals surface area contributed by atoms with Crippen LogP contribution in [0.2, 0.25) is 0 Å². The molecule has 320 valence electrons. The number of allylic oxidation sites excluding steroid dienone is 1. The third-order valence-electron chi connectivity index (χ3n) is 14.0. The lowest BCUT2D eigenvalue weighted by atomic mass is 9.80. The molecular formula is C66H46N2. The lowest BCUT2D eigenvalue weighted by Crippen LogP contribution is -2.09. The van der Waals surface area contributed by atoms with Crippen LogP contribution in [-0.2, 0) is 6.42 Å². The van der Waals surface area contributed by atoms with E-state index < -0.39 is 0 Å². The van der Waals surface area contributed by atoms with Crippen LogP contribution in [0.4, 0.5) is 17.1 Å². The first-order chi connectivity index (χ1) is 33.7. The SMILES string of the molecule is C1=Cc2c(c(-c3ccc(-n4c5ccc(-c6ccc(N(c7ccccc7)c7ccccc7)cc6)cc5c5cc(-c6ccc7ccccc7c6)ccc54)cc3)c3ccccc3c2-c2ccccc2)CC1. The van der Waals surface area contributed by atoms with Gasteiger partial charge in [0.15, 0.2) is 0 Å². The van der Waals surface area contributed by atoms with Crippen LogP contribution in [0.1, 0.15) is 17.5 Å². The molecule has 0 spiro atoms. The molecule has 0 fully saturated rings. The van der Waals surface area contributed by atoms with E-state index in [0.29, 0.717) is 0 Å². The van der Waals surface area contributed by atoms with E-state index in [2.05, 4.69) is 264 Å². The molecule has 0 atom stereocenters. The van der Waals surface area contributed by atoms with Gasteiger partial charge in [-0.15, -0.1) is 0 Å². The van der Waals surface area contributed by atoms with E-state index in [-0.39, 0.29) is 0 Å². The molecule has 2 nitrogen and oxygen atoms in total. The Balaban J connectivity index is 0.946. The molecule has 68 heavy (non-hydrogen) atoms. The minimum absolute atomic E-state index is 1.02. The largest absolute Gasteiger partial charge is 0.311 e. The molecule has 0 unspecified atom stereocenters. The van der Waals surface area contributed by atoms with Crippen molar-refractivity contribution in [1.29, 1.82) is 0 Å². The molecule has 1 aliphatic rings. The van der Waals surface area contributed by atoms with Gasteiger partial charge in [-0.05, 0) is 169 Å². The van der Waals surface area contributed by atoms with Crippen LogP contribution in [-0.4, -0.2) is 4.57 Å². The first-order valence-corrected chi connectivity index (χ1v) is 23.7. The zero-order valence-corrected chi connectivity index (χ0v) is 37.6. The highest BCUT2D eigenvalue weighted by molar-refractivity contribution is 6.13. The number of para-hydroxylation sites is 2. The van der Waals surface area contributed by atoms with Gasteiger partial charge < -0.3 is 9.47 Å². The molecule has 13 rings (SSSR count). The maximum atomic E-state index is 2.46. The number of hydrogen-bond donors (Lipinski definition) is 0. The molecule has 0 amide bonds. The summed E-state index contributed by atoms with van der Waals surface area (Å²) in [6, 6.07) is 88.9. The molecule has 0 radical (unpaired) electrons. The number of benzene rings is 11. The Morgan fingerprint density at radius 2 is 0.824 bits per heavy atom. The highest BCUT2D eigenvalue weighted by Gasteiger charge is 2.22. The predicted molar refractivity (Wildman–Crippen MR) is 290 cm³/mol. The minimum Gasteiger partial charge on any atom is -0.311 e. The summed E-state index contributed by atoms with van der Waals surface area (Å²) in [6.07, 6.45) is 6.76. The maximum absolute atomic E-state index is 2.46. The zero-order chi connectivity index (χ0) is 45.0. The van der Waals surface area contributed by atoms with Crippen molar-refractivity contribution in [2.45, 2.75) is 12.8 Å². The summed E-state index contributed by atoms with van der Waals surface area (Å²) in [5, 5.41) is 7.56. The van der Waals surface area contributed by atoms with E-state index in [4.69, 9.17) is 0 Å². The van der Waals surface area contributed by atoms with Gasteiger partial charge in [0.25, 0.3) is 0 Å². The molecule has 0 saturated carbocycles. The average Bonchev–Trinajstić information content (AvgIpc) is 3.74. The number of aromatic nitrogens is 1. The first kappa shape index (κ1) is 39.6. The van der Waals surface area contributed by atoms with Crippen molar-refractivity contribution >= 4 is 66.5 Å².